The van der Waals surface area contributed by atoms with Gasteiger partial charge in [0.25, 0.3) is 5.91 Å². The number of hydrogen-bond acceptors (Lipinski definition) is 10. The Hall–Kier alpha value is -4.89. The summed E-state index contributed by atoms with van der Waals surface area (Å²) in [5, 5.41) is 13.5. The van der Waals surface area contributed by atoms with Gasteiger partial charge in [-0.2, -0.15) is 0 Å². The maximum Gasteiger partial charge on any atom is 0.410 e. The zero-order valence-corrected chi connectivity index (χ0v) is 36.2. The number of piperidine rings is 3. The summed E-state index contributed by atoms with van der Waals surface area (Å²) in [6, 6.07) is 11.8. The number of anilines is 1. The number of amides is 5. The maximum absolute atomic E-state index is 14.3. The molecule has 1 atom stereocenters. The number of rotatable bonds is 13. The molecule has 0 spiro atoms. The van der Waals surface area contributed by atoms with Crippen molar-refractivity contribution in [2.45, 2.75) is 110 Å². The Morgan fingerprint density at radius 3 is 2.21 bits per heavy atom. The first kappa shape index (κ1) is 46.6. The number of aryl methyl sites for hydroxylation is 2. The predicted molar refractivity (Wildman–Crippen MR) is 237 cm³/mol. The molecule has 0 radical (unpaired) electrons. The second kappa shape index (κ2) is 22.0. The molecule has 15 heteroatoms. The van der Waals surface area contributed by atoms with Crippen molar-refractivity contribution in [2.24, 2.45) is 0 Å². The van der Waals surface area contributed by atoms with Gasteiger partial charge in [-0.15, -0.1) is 0 Å². The highest BCUT2D eigenvalue weighted by atomic mass is 16.6. The Morgan fingerprint density at radius 2 is 1.50 bits per heavy atom. The van der Waals surface area contributed by atoms with Crippen LogP contribution in [0.1, 0.15) is 87.5 Å². The highest BCUT2D eigenvalue weighted by Crippen LogP contribution is 2.27. The molecule has 2 N–H and O–H groups in total. The number of nitrogens with one attached hydrogen (secondary N) is 1. The van der Waals surface area contributed by atoms with Crippen molar-refractivity contribution in [3.05, 3.63) is 58.7 Å². The molecule has 340 valence electrons. The quantitative estimate of drug-likeness (QED) is 0.203. The van der Waals surface area contributed by atoms with Gasteiger partial charge in [-0.1, -0.05) is 37.8 Å². The lowest BCUT2D eigenvalue weighted by Gasteiger charge is -2.43. The number of nitrogens with zero attached hydrogens (tertiary/aromatic N) is 6. The van der Waals surface area contributed by atoms with Gasteiger partial charge in [0.05, 0.1) is 13.0 Å². The lowest BCUT2D eigenvalue weighted by atomic mass is 10.00. The average molecular weight is 860 g/mol. The number of fused-ring (bicyclic) bond motifs is 1. The number of carbonyl (C=O) groups is 5. The molecular weight excluding hydrogens is 791 g/mol. The van der Waals surface area contributed by atoms with Gasteiger partial charge in [0.15, 0.2) is 6.10 Å². The van der Waals surface area contributed by atoms with Crippen molar-refractivity contribution in [3.63, 3.8) is 0 Å². The third-order valence-corrected chi connectivity index (χ3v) is 13.4. The molecule has 4 fully saturated rings. The number of benzene rings is 2. The van der Waals surface area contributed by atoms with Crippen LogP contribution in [0.3, 0.4) is 0 Å². The molecule has 62 heavy (non-hydrogen) atoms. The second-order valence-corrected chi connectivity index (χ2v) is 17.5. The summed E-state index contributed by atoms with van der Waals surface area (Å²) in [7, 11) is 0. The topological polar surface area (TPSA) is 156 Å². The Kier molecular flexibility index (Phi) is 16.5. The zero-order valence-electron chi connectivity index (χ0n) is 36.2. The number of hydrogen-bond donors (Lipinski definition) is 2. The molecule has 4 saturated heterocycles. The number of para-hydroxylation sites is 1. The minimum Gasteiger partial charge on any atom is -0.507 e. The molecule has 5 heterocycles. The maximum atomic E-state index is 14.3. The first-order chi connectivity index (χ1) is 29.5. The van der Waals surface area contributed by atoms with E-state index in [1.165, 1.54) is 0 Å². The van der Waals surface area contributed by atoms with E-state index in [9.17, 15) is 29.1 Å². The largest absolute Gasteiger partial charge is 0.507 e. The standard InChI is InChI=1S/C46H65N7O8.CH4/c1-33-30-35(31-34(2)43(33)56)32-40(61-46(59)52-22-14-38(15-23-52)53-24-11-36-8-3-4-9-39(36)47-45(53)58)44(57)51-27-25-49(26-28-51)37-12-19-48(20-13-37)21-16-42(55)60-29-7-18-50-17-6-5-10-41(50)54;/h3-4,8-9,30-31,37-38,40,56H,5-7,10-29,32H2,1-2H3,(H,47,58);1H4/t40-;/m1./s1. The molecule has 5 aliphatic rings. The molecule has 2 aromatic carbocycles. The molecule has 0 aliphatic carbocycles. The van der Waals surface area contributed by atoms with Crippen LogP contribution >= 0.6 is 0 Å². The van der Waals surface area contributed by atoms with E-state index in [0.29, 0.717) is 102 Å². The highest BCUT2D eigenvalue weighted by Gasteiger charge is 2.36. The van der Waals surface area contributed by atoms with Crippen molar-refractivity contribution in [1.82, 2.24) is 29.4 Å². The first-order valence-electron chi connectivity index (χ1n) is 22.6. The summed E-state index contributed by atoms with van der Waals surface area (Å²) in [4.78, 5) is 77.6. The molecule has 2 aromatic rings. The van der Waals surface area contributed by atoms with Crippen LogP contribution in [0.2, 0.25) is 0 Å². The van der Waals surface area contributed by atoms with Crippen LogP contribution in [0.25, 0.3) is 0 Å². The van der Waals surface area contributed by atoms with Gasteiger partial charge in [-0.3, -0.25) is 19.3 Å². The number of likely N-dealkylation sites (tertiary alicyclic amines) is 3. The number of ether oxygens (including phenoxy) is 2. The van der Waals surface area contributed by atoms with E-state index >= 15 is 0 Å². The number of piperazine rings is 1. The second-order valence-electron chi connectivity index (χ2n) is 17.5. The fourth-order valence-corrected chi connectivity index (χ4v) is 9.73. The van der Waals surface area contributed by atoms with Crippen LogP contribution < -0.4 is 5.32 Å². The summed E-state index contributed by atoms with van der Waals surface area (Å²) in [6.45, 7) is 11.9. The summed E-state index contributed by atoms with van der Waals surface area (Å²) >= 11 is 0. The van der Waals surface area contributed by atoms with E-state index in [4.69, 9.17) is 9.47 Å². The van der Waals surface area contributed by atoms with Crippen LogP contribution in [0.5, 0.6) is 5.75 Å². The third-order valence-electron chi connectivity index (χ3n) is 13.4. The number of phenols is 1. The Bertz CT molecular complexity index is 1850. The Labute approximate surface area is 367 Å². The normalized spacial score (nSPS) is 20.2. The van der Waals surface area contributed by atoms with Gasteiger partial charge in [-0.05, 0) is 107 Å². The van der Waals surface area contributed by atoms with Gasteiger partial charge >= 0.3 is 18.1 Å². The summed E-state index contributed by atoms with van der Waals surface area (Å²) in [5.74, 6) is 0.0110. The number of aromatic hydroxyl groups is 1. The number of carbonyl (C=O) groups excluding carboxylic acids is 5. The third kappa shape index (κ3) is 12.0. The SMILES string of the molecule is C.Cc1cc(C[C@@H](OC(=O)N2CCC(N3CCc4ccccc4NC3=O)CC2)C(=O)N2CCN(C3CCN(CCC(=O)OCCCN4CCCCC4=O)CC3)CC2)cc(C)c1O. The van der Waals surface area contributed by atoms with Crippen LogP contribution in [0, 0.1) is 13.8 Å². The van der Waals surface area contributed by atoms with Gasteiger partial charge in [0.2, 0.25) is 5.91 Å². The Morgan fingerprint density at radius 1 is 0.806 bits per heavy atom. The highest BCUT2D eigenvalue weighted by molar-refractivity contribution is 5.91. The lowest BCUT2D eigenvalue weighted by molar-refractivity contribution is -0.145. The smallest absolute Gasteiger partial charge is 0.410 e. The van der Waals surface area contributed by atoms with Crippen molar-refractivity contribution in [1.29, 1.82) is 0 Å². The molecule has 0 bridgehead atoms. The molecular formula is C47H69N7O8. The first-order valence-corrected chi connectivity index (χ1v) is 22.6. The predicted octanol–water partition coefficient (Wildman–Crippen LogP) is 5.19. The molecule has 7 rings (SSSR count). The van der Waals surface area contributed by atoms with E-state index in [0.717, 1.165) is 81.6 Å². The Balaban J connectivity index is 0.00000641. The summed E-state index contributed by atoms with van der Waals surface area (Å²) < 4.78 is 11.6. The van der Waals surface area contributed by atoms with Crippen LogP contribution in [-0.2, 0) is 36.7 Å². The number of esters is 1. The molecule has 5 aliphatic heterocycles. The number of phenolic OH excluding ortho intramolecular Hbond substituents is 1. The van der Waals surface area contributed by atoms with Crippen LogP contribution in [0.4, 0.5) is 15.3 Å². The van der Waals surface area contributed by atoms with Crippen LogP contribution in [-0.4, -0.2) is 168 Å². The van der Waals surface area contributed by atoms with Gasteiger partial charge in [0, 0.05) is 96.1 Å². The minimum absolute atomic E-state index is 0. The fraction of sp³-hybridized carbons (Fsp3) is 0.638. The van der Waals surface area contributed by atoms with Crippen molar-refractivity contribution < 1.29 is 38.6 Å². The van der Waals surface area contributed by atoms with Gasteiger partial charge in [-0.25, -0.2) is 9.59 Å². The van der Waals surface area contributed by atoms with E-state index in [-0.39, 0.29) is 49.5 Å². The molecule has 0 unspecified atom stereocenters. The van der Waals surface area contributed by atoms with E-state index in [1.807, 2.05) is 64.9 Å². The van der Waals surface area contributed by atoms with Crippen molar-refractivity contribution in [2.75, 3.05) is 90.5 Å². The fourth-order valence-electron chi connectivity index (χ4n) is 9.73. The minimum atomic E-state index is -1.02. The van der Waals surface area contributed by atoms with E-state index in [1.54, 1.807) is 4.90 Å². The van der Waals surface area contributed by atoms with Crippen LogP contribution in [0.15, 0.2) is 36.4 Å². The summed E-state index contributed by atoms with van der Waals surface area (Å²) in [5.41, 5.74) is 4.17. The average Bonchev–Trinajstić information content (AvgIpc) is 3.44. The summed E-state index contributed by atoms with van der Waals surface area (Å²) in [6.07, 6.45) is 6.27. The monoisotopic (exact) mass is 860 g/mol. The molecule has 15 nitrogen and oxygen atoms in total. The van der Waals surface area contributed by atoms with E-state index < -0.39 is 12.2 Å². The zero-order chi connectivity index (χ0) is 42.9. The number of urea groups is 1. The molecule has 0 saturated carbocycles. The molecule has 0 aromatic heterocycles. The molecule has 5 amide bonds. The lowest BCUT2D eigenvalue weighted by Crippen LogP contribution is -2.56. The van der Waals surface area contributed by atoms with Gasteiger partial charge < -0.3 is 44.4 Å². The van der Waals surface area contributed by atoms with Gasteiger partial charge in [0.1, 0.15) is 5.75 Å². The van der Waals surface area contributed by atoms with E-state index in [2.05, 4.69) is 15.1 Å². The van der Waals surface area contributed by atoms with Crippen molar-refractivity contribution in [3.8, 4) is 5.75 Å². The van der Waals surface area contributed by atoms with Crippen molar-refractivity contribution >= 4 is 35.6 Å².